The summed E-state index contributed by atoms with van der Waals surface area (Å²) in [4.78, 5) is 17.5. The minimum absolute atomic E-state index is 0.00465. The van der Waals surface area contributed by atoms with Crippen LogP contribution < -0.4 is 15.2 Å². The Balaban J connectivity index is 1.46. The van der Waals surface area contributed by atoms with E-state index >= 15 is 0 Å². The molecular weight excluding hydrogens is 455 g/mol. The zero-order chi connectivity index (χ0) is 22.5. The summed E-state index contributed by atoms with van der Waals surface area (Å²) >= 11 is 1.15. The van der Waals surface area contributed by atoms with Crippen LogP contribution in [0.15, 0.2) is 74.8 Å². The highest BCUT2D eigenvalue weighted by Crippen LogP contribution is 2.24. The summed E-state index contributed by atoms with van der Waals surface area (Å²) < 4.78 is 43.2. The van der Waals surface area contributed by atoms with Crippen molar-refractivity contribution >= 4 is 32.4 Å². The van der Waals surface area contributed by atoms with Crippen LogP contribution in [-0.2, 0) is 10.0 Å². The fourth-order valence-electron chi connectivity index (χ4n) is 3.08. The summed E-state index contributed by atoms with van der Waals surface area (Å²) in [7, 11) is -3.77. The molecule has 0 saturated heterocycles. The molecule has 5 rings (SSSR count). The first-order valence-electron chi connectivity index (χ1n) is 9.18. The number of primary sulfonamides is 1. The third-order valence-corrected chi connectivity index (χ3v) is 6.54. The Morgan fingerprint density at radius 3 is 2.34 bits per heavy atom. The quantitative estimate of drug-likeness (QED) is 0.432. The molecule has 0 aliphatic carbocycles. The van der Waals surface area contributed by atoms with Gasteiger partial charge in [-0.3, -0.25) is 4.79 Å². The number of benzene rings is 2. The van der Waals surface area contributed by atoms with Crippen LogP contribution >= 0.6 is 11.3 Å². The minimum atomic E-state index is -3.77. The van der Waals surface area contributed by atoms with Crippen molar-refractivity contribution in [3.63, 3.8) is 0 Å². The first-order chi connectivity index (χ1) is 15.3. The number of furan rings is 1. The number of hydrogen-bond acceptors (Lipinski definition) is 7. The van der Waals surface area contributed by atoms with Crippen molar-refractivity contribution < 1.29 is 17.2 Å². The van der Waals surface area contributed by atoms with E-state index in [0.717, 1.165) is 11.3 Å². The van der Waals surface area contributed by atoms with Crippen LogP contribution in [0.2, 0.25) is 0 Å². The Labute approximate surface area is 184 Å². The molecule has 3 heterocycles. The number of rotatable bonds is 4. The van der Waals surface area contributed by atoms with Crippen LogP contribution in [0.1, 0.15) is 5.76 Å². The second-order valence-electron chi connectivity index (χ2n) is 6.82. The minimum Gasteiger partial charge on any atom is -0.457 e. The monoisotopic (exact) mass is 468 g/mol. The fourth-order valence-corrected chi connectivity index (χ4v) is 4.48. The number of sulfonamides is 1. The van der Waals surface area contributed by atoms with E-state index in [2.05, 4.69) is 10.1 Å². The van der Waals surface area contributed by atoms with E-state index in [0.29, 0.717) is 38.0 Å². The van der Waals surface area contributed by atoms with Gasteiger partial charge in [-0.1, -0.05) is 11.3 Å². The number of aromatic nitrogens is 3. The lowest BCUT2D eigenvalue weighted by molar-refractivity contribution is 0.571. The van der Waals surface area contributed by atoms with E-state index in [4.69, 9.17) is 9.56 Å². The third kappa shape index (κ3) is 3.73. The number of fused-ring (bicyclic) bond motifs is 1. The maximum absolute atomic E-state index is 13.1. The number of nitrogens with zero attached hydrogens (tertiary/aromatic N) is 3. The molecule has 0 amide bonds. The number of hydrogen-bond donors (Lipinski definition) is 1. The molecule has 0 saturated carbocycles. The molecule has 32 heavy (non-hydrogen) atoms. The van der Waals surface area contributed by atoms with Gasteiger partial charge in [-0.05, 0) is 60.7 Å². The number of nitrogens with two attached hydrogens (primary N) is 1. The van der Waals surface area contributed by atoms with Crippen molar-refractivity contribution in [3.8, 4) is 22.7 Å². The van der Waals surface area contributed by atoms with Crippen LogP contribution in [-0.4, -0.2) is 23.0 Å². The molecular formula is C21H13FN4O4S2. The van der Waals surface area contributed by atoms with Gasteiger partial charge < -0.3 is 4.42 Å². The van der Waals surface area contributed by atoms with Gasteiger partial charge in [0.2, 0.25) is 15.0 Å². The Kier molecular flexibility index (Phi) is 4.73. The first kappa shape index (κ1) is 20.2. The molecule has 0 atom stereocenters. The van der Waals surface area contributed by atoms with E-state index in [-0.39, 0.29) is 16.3 Å². The van der Waals surface area contributed by atoms with Crippen LogP contribution in [0.25, 0.3) is 33.7 Å². The normalized spacial score (nSPS) is 12.6. The smallest absolute Gasteiger partial charge is 0.291 e. The van der Waals surface area contributed by atoms with Gasteiger partial charge in [0, 0.05) is 17.2 Å². The van der Waals surface area contributed by atoms with Gasteiger partial charge in [0.05, 0.1) is 4.90 Å². The van der Waals surface area contributed by atoms with Gasteiger partial charge in [0.25, 0.3) is 5.56 Å². The second-order valence-corrected chi connectivity index (χ2v) is 9.39. The van der Waals surface area contributed by atoms with E-state index in [9.17, 15) is 17.6 Å². The lowest BCUT2D eigenvalue weighted by atomic mass is 10.2. The molecule has 0 spiro atoms. The lowest BCUT2D eigenvalue weighted by Crippen LogP contribution is -2.23. The van der Waals surface area contributed by atoms with Gasteiger partial charge in [-0.25, -0.2) is 17.9 Å². The van der Waals surface area contributed by atoms with Crippen molar-refractivity contribution in [1.82, 2.24) is 14.6 Å². The number of halogens is 1. The molecule has 8 nitrogen and oxygen atoms in total. The van der Waals surface area contributed by atoms with Crippen molar-refractivity contribution in [2.75, 3.05) is 0 Å². The largest absolute Gasteiger partial charge is 0.457 e. The topological polar surface area (TPSA) is 121 Å². The highest BCUT2D eigenvalue weighted by molar-refractivity contribution is 7.89. The highest BCUT2D eigenvalue weighted by atomic mass is 32.2. The SMILES string of the molecule is NS(=O)(=O)c1ccc(-c2ccc(C=c3sc4nc(-c5ccc(F)cc5)nn4c3=O)o2)cc1. The van der Waals surface area contributed by atoms with E-state index < -0.39 is 10.0 Å². The first-order valence-corrected chi connectivity index (χ1v) is 11.5. The zero-order valence-electron chi connectivity index (χ0n) is 16.1. The van der Waals surface area contributed by atoms with Crippen molar-refractivity contribution in [1.29, 1.82) is 0 Å². The Morgan fingerprint density at radius 2 is 1.69 bits per heavy atom. The summed E-state index contributed by atoms with van der Waals surface area (Å²) in [5.74, 6) is 0.913. The molecule has 0 unspecified atom stereocenters. The zero-order valence-corrected chi connectivity index (χ0v) is 17.7. The molecule has 5 aromatic rings. The molecule has 0 aliphatic rings. The fraction of sp³-hybridized carbons (Fsp3) is 0. The van der Waals surface area contributed by atoms with Crippen molar-refractivity contribution in [2.45, 2.75) is 4.90 Å². The van der Waals surface area contributed by atoms with Crippen molar-refractivity contribution in [3.05, 3.63) is 87.1 Å². The second kappa shape index (κ2) is 7.48. The van der Waals surface area contributed by atoms with Crippen LogP contribution in [0.4, 0.5) is 4.39 Å². The Bertz CT molecular complexity index is 1670. The van der Waals surface area contributed by atoms with Crippen molar-refractivity contribution in [2.24, 2.45) is 5.14 Å². The predicted octanol–water partition coefficient (Wildman–Crippen LogP) is 2.41. The average Bonchev–Trinajstić information content (AvgIpc) is 3.46. The van der Waals surface area contributed by atoms with Gasteiger partial charge in [0.1, 0.15) is 21.9 Å². The summed E-state index contributed by atoms with van der Waals surface area (Å²) in [6, 6.07) is 15.1. The molecule has 160 valence electrons. The molecule has 11 heteroatoms. The molecule has 0 fully saturated rings. The van der Waals surface area contributed by atoms with Gasteiger partial charge in [0.15, 0.2) is 5.82 Å². The summed E-state index contributed by atoms with van der Waals surface area (Å²) in [5, 5.41) is 9.34. The number of thiazole rings is 1. The van der Waals surface area contributed by atoms with E-state index in [1.807, 2.05) is 0 Å². The molecule has 3 aromatic heterocycles. The molecule has 0 bridgehead atoms. The average molecular weight is 468 g/mol. The summed E-state index contributed by atoms with van der Waals surface area (Å²) in [5.41, 5.74) is 0.920. The molecule has 0 aliphatic heterocycles. The van der Waals surface area contributed by atoms with Crippen LogP contribution in [0.3, 0.4) is 0 Å². The lowest BCUT2D eigenvalue weighted by Gasteiger charge is -2.00. The Hall–Kier alpha value is -3.67. The molecule has 2 aromatic carbocycles. The summed E-state index contributed by atoms with van der Waals surface area (Å²) in [6.07, 6.45) is 1.59. The predicted molar refractivity (Wildman–Crippen MR) is 117 cm³/mol. The van der Waals surface area contributed by atoms with E-state index in [1.165, 1.54) is 28.8 Å². The van der Waals surface area contributed by atoms with Gasteiger partial charge in [-0.2, -0.15) is 9.50 Å². The standard InChI is InChI=1S/C21H13FN4O4S2/c22-14-5-1-13(2-6-14)19-24-21-26(25-19)20(27)18(31-21)11-15-7-10-17(30-15)12-3-8-16(9-4-12)32(23,28)29/h1-11H,(H2,23,28,29). The van der Waals surface area contributed by atoms with Crippen LogP contribution in [0.5, 0.6) is 0 Å². The third-order valence-electron chi connectivity index (χ3n) is 4.65. The van der Waals surface area contributed by atoms with Crippen LogP contribution in [0, 0.1) is 5.82 Å². The van der Waals surface area contributed by atoms with Gasteiger partial charge >= 0.3 is 0 Å². The molecule has 0 radical (unpaired) electrons. The molecule has 2 N–H and O–H groups in total. The highest BCUT2D eigenvalue weighted by Gasteiger charge is 2.13. The maximum Gasteiger partial charge on any atom is 0.291 e. The Morgan fingerprint density at radius 1 is 1.00 bits per heavy atom. The maximum atomic E-state index is 13.1. The van der Waals surface area contributed by atoms with Gasteiger partial charge in [-0.15, -0.1) is 5.10 Å². The summed E-state index contributed by atoms with van der Waals surface area (Å²) in [6.45, 7) is 0. The van der Waals surface area contributed by atoms with E-state index in [1.54, 1.807) is 42.5 Å².